The van der Waals surface area contributed by atoms with Gasteiger partial charge in [0.15, 0.2) is 0 Å². The van der Waals surface area contributed by atoms with Gasteiger partial charge in [-0.3, -0.25) is 9.59 Å². The SMILES string of the molecule is CCCC(=O)N(Cc1cccc(Cl)c1)[C@@H](C)C(=O)NC1CCCCC1. The molecule has 1 aromatic carbocycles. The van der Waals surface area contributed by atoms with Gasteiger partial charge in [0.25, 0.3) is 0 Å². The monoisotopic (exact) mass is 364 g/mol. The van der Waals surface area contributed by atoms with Crippen LogP contribution in [0.4, 0.5) is 0 Å². The maximum atomic E-state index is 12.7. The molecule has 5 heteroatoms. The number of hydrogen-bond acceptors (Lipinski definition) is 2. The summed E-state index contributed by atoms with van der Waals surface area (Å²) < 4.78 is 0. The van der Waals surface area contributed by atoms with Crippen LogP contribution >= 0.6 is 11.6 Å². The maximum Gasteiger partial charge on any atom is 0.242 e. The lowest BCUT2D eigenvalue weighted by Gasteiger charge is -2.31. The number of nitrogens with one attached hydrogen (secondary N) is 1. The van der Waals surface area contributed by atoms with Crippen LogP contribution in [0.25, 0.3) is 0 Å². The van der Waals surface area contributed by atoms with Gasteiger partial charge in [-0.25, -0.2) is 0 Å². The van der Waals surface area contributed by atoms with Crippen molar-refractivity contribution in [1.29, 1.82) is 0 Å². The third-order valence-corrected chi connectivity index (χ3v) is 5.06. The normalized spacial score (nSPS) is 16.3. The van der Waals surface area contributed by atoms with E-state index in [0.29, 0.717) is 18.0 Å². The number of halogens is 1. The molecule has 1 aromatic rings. The molecule has 0 heterocycles. The molecule has 0 unspecified atom stereocenters. The maximum absolute atomic E-state index is 12.7. The molecule has 4 nitrogen and oxygen atoms in total. The molecule has 2 rings (SSSR count). The van der Waals surface area contributed by atoms with E-state index < -0.39 is 6.04 Å². The fourth-order valence-electron chi connectivity index (χ4n) is 3.34. The molecule has 2 amide bonds. The number of benzene rings is 1. The summed E-state index contributed by atoms with van der Waals surface area (Å²) in [5, 5.41) is 3.77. The number of nitrogens with zero attached hydrogens (tertiary/aromatic N) is 1. The zero-order chi connectivity index (χ0) is 18.2. The molecule has 1 aliphatic rings. The van der Waals surface area contributed by atoms with Crippen molar-refractivity contribution in [3.63, 3.8) is 0 Å². The molecule has 1 N–H and O–H groups in total. The number of amides is 2. The Morgan fingerprint density at radius 1 is 1.28 bits per heavy atom. The summed E-state index contributed by atoms with van der Waals surface area (Å²) in [4.78, 5) is 26.9. The zero-order valence-corrected chi connectivity index (χ0v) is 16.0. The highest BCUT2D eigenvalue weighted by Gasteiger charge is 2.27. The van der Waals surface area contributed by atoms with Crippen molar-refractivity contribution in [2.24, 2.45) is 0 Å². The van der Waals surface area contributed by atoms with Gasteiger partial charge in [0.1, 0.15) is 6.04 Å². The van der Waals surface area contributed by atoms with E-state index in [9.17, 15) is 9.59 Å². The van der Waals surface area contributed by atoms with Crippen LogP contribution in [0.1, 0.15) is 64.4 Å². The standard InChI is InChI=1S/C20H29ClN2O2/c1-3-8-19(24)23(14-16-9-7-10-17(21)13-16)15(2)20(25)22-18-11-5-4-6-12-18/h7,9-10,13,15,18H,3-6,8,11-12,14H2,1-2H3,(H,22,25)/t15-/m0/s1. The third-order valence-electron chi connectivity index (χ3n) is 4.82. The number of hydrogen-bond donors (Lipinski definition) is 1. The first kappa shape index (κ1) is 19.8. The molecule has 0 bridgehead atoms. The highest BCUT2D eigenvalue weighted by molar-refractivity contribution is 6.30. The fraction of sp³-hybridized carbons (Fsp3) is 0.600. The summed E-state index contributed by atoms with van der Waals surface area (Å²) in [6.45, 7) is 4.19. The van der Waals surface area contributed by atoms with Gasteiger partial charge < -0.3 is 10.2 Å². The Hall–Kier alpha value is -1.55. The van der Waals surface area contributed by atoms with E-state index >= 15 is 0 Å². The van der Waals surface area contributed by atoms with Crippen LogP contribution in [0.15, 0.2) is 24.3 Å². The average Bonchev–Trinajstić information content (AvgIpc) is 2.60. The average molecular weight is 365 g/mol. The van der Waals surface area contributed by atoms with Crippen LogP contribution in [-0.4, -0.2) is 28.8 Å². The summed E-state index contributed by atoms with van der Waals surface area (Å²) in [6.07, 6.45) is 6.87. The molecular formula is C20H29ClN2O2. The molecule has 0 saturated heterocycles. The van der Waals surface area contributed by atoms with Crippen LogP contribution in [0, 0.1) is 0 Å². The Balaban J connectivity index is 2.07. The fourth-order valence-corrected chi connectivity index (χ4v) is 3.55. The number of rotatable bonds is 7. The summed E-state index contributed by atoms with van der Waals surface area (Å²) in [6, 6.07) is 7.22. The second-order valence-electron chi connectivity index (χ2n) is 6.92. The van der Waals surface area contributed by atoms with Crippen LogP contribution in [0.5, 0.6) is 0 Å². The smallest absolute Gasteiger partial charge is 0.242 e. The summed E-state index contributed by atoms with van der Waals surface area (Å²) in [5.74, 6) is -0.0489. The van der Waals surface area contributed by atoms with Crippen molar-refractivity contribution in [2.45, 2.75) is 77.4 Å². The Kier molecular flexibility index (Phi) is 7.76. The highest BCUT2D eigenvalue weighted by Crippen LogP contribution is 2.19. The van der Waals surface area contributed by atoms with E-state index in [1.807, 2.05) is 38.1 Å². The summed E-state index contributed by atoms with van der Waals surface area (Å²) in [7, 11) is 0. The Morgan fingerprint density at radius 2 is 2.00 bits per heavy atom. The molecule has 0 spiro atoms. The Bertz CT molecular complexity index is 585. The minimum Gasteiger partial charge on any atom is -0.352 e. The highest BCUT2D eigenvalue weighted by atomic mass is 35.5. The van der Waals surface area contributed by atoms with E-state index in [2.05, 4.69) is 5.32 Å². The summed E-state index contributed by atoms with van der Waals surface area (Å²) in [5.41, 5.74) is 0.939. The van der Waals surface area contributed by atoms with Gasteiger partial charge in [-0.05, 0) is 43.9 Å². The van der Waals surface area contributed by atoms with Crippen LogP contribution < -0.4 is 5.32 Å². The van der Waals surface area contributed by atoms with Gasteiger partial charge in [-0.15, -0.1) is 0 Å². The molecule has 1 atom stereocenters. The second kappa shape index (κ2) is 9.81. The van der Waals surface area contributed by atoms with Gasteiger partial charge in [0, 0.05) is 24.0 Å². The summed E-state index contributed by atoms with van der Waals surface area (Å²) >= 11 is 6.06. The number of carbonyl (C=O) groups excluding carboxylic acids is 2. The van der Waals surface area contributed by atoms with Gasteiger partial charge in [0.2, 0.25) is 11.8 Å². The molecule has 0 aliphatic heterocycles. The zero-order valence-electron chi connectivity index (χ0n) is 15.3. The van der Waals surface area contributed by atoms with Crippen molar-refractivity contribution in [3.8, 4) is 0 Å². The minimum atomic E-state index is -0.486. The lowest BCUT2D eigenvalue weighted by Crippen LogP contribution is -2.50. The van der Waals surface area contributed by atoms with E-state index in [1.165, 1.54) is 19.3 Å². The molecule has 1 saturated carbocycles. The first-order chi connectivity index (χ1) is 12.0. The van der Waals surface area contributed by atoms with Crippen LogP contribution in [0.2, 0.25) is 5.02 Å². The van der Waals surface area contributed by atoms with E-state index in [1.54, 1.807) is 4.90 Å². The van der Waals surface area contributed by atoms with E-state index in [-0.39, 0.29) is 17.9 Å². The van der Waals surface area contributed by atoms with Crippen molar-refractivity contribution in [3.05, 3.63) is 34.9 Å². The van der Waals surface area contributed by atoms with E-state index in [4.69, 9.17) is 11.6 Å². The minimum absolute atomic E-state index is 0.00812. The quantitative estimate of drug-likeness (QED) is 0.783. The van der Waals surface area contributed by atoms with Crippen LogP contribution in [0.3, 0.4) is 0 Å². The van der Waals surface area contributed by atoms with Crippen molar-refractivity contribution in [2.75, 3.05) is 0 Å². The predicted octanol–water partition coefficient (Wildman–Crippen LogP) is 4.31. The first-order valence-electron chi connectivity index (χ1n) is 9.35. The largest absolute Gasteiger partial charge is 0.352 e. The van der Waals surface area contributed by atoms with Gasteiger partial charge in [0.05, 0.1) is 0 Å². The second-order valence-corrected chi connectivity index (χ2v) is 7.36. The molecular weight excluding hydrogens is 336 g/mol. The molecule has 1 fully saturated rings. The first-order valence-corrected chi connectivity index (χ1v) is 9.73. The third kappa shape index (κ3) is 6.03. The topological polar surface area (TPSA) is 49.4 Å². The van der Waals surface area contributed by atoms with Crippen molar-refractivity contribution in [1.82, 2.24) is 10.2 Å². The predicted molar refractivity (Wildman–Crippen MR) is 101 cm³/mol. The van der Waals surface area contributed by atoms with Gasteiger partial charge >= 0.3 is 0 Å². The van der Waals surface area contributed by atoms with Crippen molar-refractivity contribution < 1.29 is 9.59 Å². The van der Waals surface area contributed by atoms with E-state index in [0.717, 1.165) is 24.8 Å². The molecule has 25 heavy (non-hydrogen) atoms. The molecule has 0 aromatic heterocycles. The number of carbonyl (C=O) groups is 2. The van der Waals surface area contributed by atoms with Gasteiger partial charge in [-0.1, -0.05) is 49.9 Å². The molecule has 1 aliphatic carbocycles. The Labute approximate surface area is 155 Å². The van der Waals surface area contributed by atoms with Gasteiger partial charge in [-0.2, -0.15) is 0 Å². The Morgan fingerprint density at radius 3 is 2.64 bits per heavy atom. The molecule has 138 valence electrons. The van der Waals surface area contributed by atoms with Crippen LogP contribution in [-0.2, 0) is 16.1 Å². The lowest BCUT2D eigenvalue weighted by molar-refractivity contribution is -0.141. The lowest BCUT2D eigenvalue weighted by atomic mass is 9.95. The van der Waals surface area contributed by atoms with Crippen molar-refractivity contribution >= 4 is 23.4 Å². The molecule has 0 radical (unpaired) electrons.